The van der Waals surface area contributed by atoms with Crippen molar-refractivity contribution in [1.29, 1.82) is 0 Å². The summed E-state index contributed by atoms with van der Waals surface area (Å²) in [5.74, 6) is 1.47. The zero-order chi connectivity index (χ0) is 20.1. The molecule has 3 aliphatic rings. The molecule has 0 aromatic carbocycles. The fourth-order valence-corrected chi connectivity index (χ4v) is 5.23. The lowest BCUT2D eigenvalue weighted by Gasteiger charge is -2.40. The first-order valence-electron chi connectivity index (χ1n) is 11.8. The number of nitrogens with zero attached hydrogens (tertiary/aromatic N) is 3. The lowest BCUT2D eigenvalue weighted by Crippen LogP contribution is -2.48. The standard InChI is InChI=1S/C23H43N3O2/c1-18(2)25-15-7-21(8-16-25)23(27)26-13-5-20(6-14-26)17-24-11-9-22(10-12-24)28-19(3)4/h18-22H,5-17H2,1-4H3. The molecule has 0 aromatic rings. The average molecular weight is 394 g/mol. The van der Waals surface area contributed by atoms with Crippen LogP contribution in [0.15, 0.2) is 0 Å². The molecule has 0 aromatic heterocycles. The Morgan fingerprint density at radius 3 is 2.00 bits per heavy atom. The van der Waals surface area contributed by atoms with Crippen molar-refractivity contribution in [3.05, 3.63) is 0 Å². The highest BCUT2D eigenvalue weighted by atomic mass is 16.5. The van der Waals surface area contributed by atoms with E-state index in [4.69, 9.17) is 4.74 Å². The minimum absolute atomic E-state index is 0.270. The van der Waals surface area contributed by atoms with Gasteiger partial charge in [0.2, 0.25) is 5.91 Å². The van der Waals surface area contributed by atoms with E-state index in [1.165, 1.54) is 45.3 Å². The summed E-state index contributed by atoms with van der Waals surface area (Å²) in [6.45, 7) is 16.5. The molecule has 0 atom stereocenters. The minimum atomic E-state index is 0.270. The van der Waals surface area contributed by atoms with Gasteiger partial charge < -0.3 is 19.4 Å². The molecule has 3 rings (SSSR count). The van der Waals surface area contributed by atoms with Gasteiger partial charge in [0.25, 0.3) is 0 Å². The molecule has 0 aliphatic carbocycles. The van der Waals surface area contributed by atoms with Gasteiger partial charge in [0, 0.05) is 44.7 Å². The molecule has 0 bridgehead atoms. The molecule has 1 amide bonds. The van der Waals surface area contributed by atoms with Crippen LogP contribution in [-0.4, -0.2) is 84.7 Å². The van der Waals surface area contributed by atoms with Crippen molar-refractivity contribution in [3.63, 3.8) is 0 Å². The number of hydrogen-bond acceptors (Lipinski definition) is 4. The second kappa shape index (κ2) is 10.4. The van der Waals surface area contributed by atoms with E-state index >= 15 is 0 Å². The summed E-state index contributed by atoms with van der Waals surface area (Å²) in [6.07, 6.45) is 7.59. The van der Waals surface area contributed by atoms with Crippen LogP contribution in [0.3, 0.4) is 0 Å². The quantitative estimate of drug-likeness (QED) is 0.694. The number of hydrogen-bond donors (Lipinski definition) is 0. The van der Waals surface area contributed by atoms with Crippen LogP contribution in [0.25, 0.3) is 0 Å². The Labute approximate surface area is 172 Å². The smallest absolute Gasteiger partial charge is 0.225 e. The Morgan fingerprint density at radius 1 is 0.857 bits per heavy atom. The van der Waals surface area contributed by atoms with Crippen LogP contribution in [0.5, 0.6) is 0 Å². The summed E-state index contributed by atoms with van der Waals surface area (Å²) in [5.41, 5.74) is 0. The number of piperidine rings is 3. The number of amides is 1. The molecule has 0 saturated carbocycles. The molecule has 3 fully saturated rings. The first kappa shape index (κ1) is 22.0. The average Bonchev–Trinajstić information content (AvgIpc) is 2.69. The van der Waals surface area contributed by atoms with Crippen LogP contribution >= 0.6 is 0 Å². The van der Waals surface area contributed by atoms with Gasteiger partial charge in [0.1, 0.15) is 0 Å². The van der Waals surface area contributed by atoms with Gasteiger partial charge in [-0.25, -0.2) is 0 Å². The number of likely N-dealkylation sites (tertiary alicyclic amines) is 3. The van der Waals surface area contributed by atoms with Gasteiger partial charge in [-0.1, -0.05) is 0 Å². The van der Waals surface area contributed by atoms with Crippen LogP contribution < -0.4 is 0 Å². The Balaban J connectivity index is 1.34. The Hall–Kier alpha value is -0.650. The van der Waals surface area contributed by atoms with Gasteiger partial charge in [-0.05, 0) is 85.2 Å². The molecule has 0 spiro atoms. The number of carbonyl (C=O) groups excluding carboxylic acids is 1. The topological polar surface area (TPSA) is 36.0 Å². The van der Waals surface area contributed by atoms with Crippen LogP contribution in [-0.2, 0) is 9.53 Å². The van der Waals surface area contributed by atoms with Crippen molar-refractivity contribution >= 4 is 5.91 Å². The van der Waals surface area contributed by atoms with E-state index < -0.39 is 0 Å². The third-order valence-electron chi connectivity index (χ3n) is 7.05. The lowest BCUT2D eigenvalue weighted by molar-refractivity contribution is -0.138. The monoisotopic (exact) mass is 393 g/mol. The minimum Gasteiger partial charge on any atom is -0.375 e. The molecule has 0 radical (unpaired) electrons. The first-order chi connectivity index (χ1) is 13.4. The summed E-state index contributed by atoms with van der Waals surface area (Å²) in [6, 6.07) is 0.605. The molecule has 162 valence electrons. The fraction of sp³-hybridized carbons (Fsp3) is 0.957. The summed E-state index contributed by atoms with van der Waals surface area (Å²) in [4.78, 5) is 20.2. The highest BCUT2D eigenvalue weighted by Gasteiger charge is 2.32. The van der Waals surface area contributed by atoms with Crippen molar-refractivity contribution in [2.75, 3.05) is 45.8 Å². The van der Waals surface area contributed by atoms with Crippen LogP contribution in [0.4, 0.5) is 0 Å². The summed E-state index contributed by atoms with van der Waals surface area (Å²) < 4.78 is 5.97. The molecule has 3 heterocycles. The molecule has 5 heteroatoms. The maximum Gasteiger partial charge on any atom is 0.225 e. The SMILES string of the molecule is CC(C)OC1CCN(CC2CCN(C(=O)C3CCN(C(C)C)CC3)CC2)CC1. The molecule has 0 unspecified atom stereocenters. The molecular formula is C23H43N3O2. The molecular weight excluding hydrogens is 350 g/mol. The highest BCUT2D eigenvalue weighted by Crippen LogP contribution is 2.26. The van der Waals surface area contributed by atoms with Crippen LogP contribution in [0, 0.1) is 11.8 Å². The van der Waals surface area contributed by atoms with E-state index in [1.54, 1.807) is 0 Å². The molecule has 3 aliphatic heterocycles. The van der Waals surface area contributed by atoms with Crippen molar-refractivity contribution in [3.8, 4) is 0 Å². The maximum atomic E-state index is 12.9. The van der Waals surface area contributed by atoms with Crippen molar-refractivity contribution in [2.24, 2.45) is 11.8 Å². The van der Waals surface area contributed by atoms with Gasteiger partial charge in [-0.2, -0.15) is 0 Å². The predicted octanol–water partition coefficient (Wildman–Crippen LogP) is 3.23. The van der Waals surface area contributed by atoms with Crippen LogP contribution in [0.1, 0.15) is 66.2 Å². The maximum absolute atomic E-state index is 12.9. The van der Waals surface area contributed by atoms with E-state index in [0.29, 0.717) is 24.2 Å². The molecule has 3 saturated heterocycles. The summed E-state index contributed by atoms with van der Waals surface area (Å²) in [5, 5.41) is 0. The predicted molar refractivity (Wildman–Crippen MR) is 114 cm³/mol. The zero-order valence-electron chi connectivity index (χ0n) is 18.7. The Kier molecular flexibility index (Phi) is 8.19. The van der Waals surface area contributed by atoms with Gasteiger partial charge >= 0.3 is 0 Å². The number of rotatable bonds is 6. The van der Waals surface area contributed by atoms with E-state index in [9.17, 15) is 4.79 Å². The third-order valence-corrected chi connectivity index (χ3v) is 7.05. The van der Waals surface area contributed by atoms with Gasteiger partial charge in [0.15, 0.2) is 0 Å². The van der Waals surface area contributed by atoms with E-state index in [1.807, 2.05) is 0 Å². The molecule has 0 N–H and O–H groups in total. The Morgan fingerprint density at radius 2 is 1.46 bits per heavy atom. The number of ether oxygens (including phenoxy) is 1. The largest absolute Gasteiger partial charge is 0.375 e. The van der Waals surface area contributed by atoms with E-state index in [-0.39, 0.29) is 5.92 Å². The number of carbonyl (C=O) groups is 1. The van der Waals surface area contributed by atoms with Gasteiger partial charge in [-0.3, -0.25) is 4.79 Å². The summed E-state index contributed by atoms with van der Waals surface area (Å²) in [7, 11) is 0. The summed E-state index contributed by atoms with van der Waals surface area (Å²) >= 11 is 0. The second-order valence-electron chi connectivity index (χ2n) is 9.86. The first-order valence-corrected chi connectivity index (χ1v) is 11.8. The van der Waals surface area contributed by atoms with Crippen molar-refractivity contribution in [2.45, 2.75) is 84.5 Å². The van der Waals surface area contributed by atoms with Gasteiger partial charge in [-0.15, -0.1) is 0 Å². The third kappa shape index (κ3) is 6.17. The molecule has 28 heavy (non-hydrogen) atoms. The van der Waals surface area contributed by atoms with Gasteiger partial charge in [0.05, 0.1) is 12.2 Å². The van der Waals surface area contributed by atoms with Crippen molar-refractivity contribution < 1.29 is 9.53 Å². The second-order valence-corrected chi connectivity index (χ2v) is 9.86. The Bertz CT molecular complexity index is 472. The zero-order valence-corrected chi connectivity index (χ0v) is 18.7. The highest BCUT2D eigenvalue weighted by molar-refractivity contribution is 5.79. The van der Waals surface area contributed by atoms with Crippen LogP contribution in [0.2, 0.25) is 0 Å². The van der Waals surface area contributed by atoms with Crippen molar-refractivity contribution in [1.82, 2.24) is 14.7 Å². The fourth-order valence-electron chi connectivity index (χ4n) is 5.23. The normalized spacial score (nSPS) is 25.1. The molecule has 5 nitrogen and oxygen atoms in total. The lowest BCUT2D eigenvalue weighted by atomic mass is 9.91. The van der Waals surface area contributed by atoms with E-state index in [2.05, 4.69) is 42.4 Å². The van der Waals surface area contributed by atoms with E-state index in [0.717, 1.165) is 44.9 Å².